The Bertz CT molecular complexity index is 1270. The minimum Gasteiger partial charge on any atom is -0.488 e. The number of rotatable bonds is 7. The van der Waals surface area contributed by atoms with Gasteiger partial charge in [0.25, 0.3) is 0 Å². The van der Waals surface area contributed by atoms with E-state index in [1.807, 2.05) is 6.07 Å². The first-order valence-corrected chi connectivity index (χ1v) is 9.57. The monoisotopic (exact) mass is 423 g/mol. The third-order valence-electron chi connectivity index (χ3n) is 4.96. The van der Waals surface area contributed by atoms with Crippen LogP contribution in [0.25, 0.3) is 22.1 Å². The van der Waals surface area contributed by atoms with Gasteiger partial charge in [-0.15, -0.1) is 0 Å². The van der Waals surface area contributed by atoms with Gasteiger partial charge in [-0.2, -0.15) is 0 Å². The Balaban J connectivity index is 1.71. The molecule has 5 nitrogen and oxygen atoms in total. The zero-order chi connectivity index (χ0) is 22.0. The molecule has 0 atom stereocenters. The van der Waals surface area contributed by atoms with E-state index in [0.29, 0.717) is 33.4 Å². The second-order valence-corrected chi connectivity index (χ2v) is 7.08. The van der Waals surface area contributed by atoms with Gasteiger partial charge in [-0.3, -0.25) is 4.79 Å². The molecule has 1 heterocycles. The molecule has 158 valence electrons. The average molecular weight is 423 g/mol. The number of hydrogen-bond acceptors (Lipinski definition) is 4. The highest BCUT2D eigenvalue weighted by atomic mass is 19.1. The van der Waals surface area contributed by atoms with Crippen LogP contribution >= 0.6 is 0 Å². The van der Waals surface area contributed by atoms with Crippen LogP contribution in [0.3, 0.4) is 0 Å². The van der Waals surface area contributed by atoms with Crippen LogP contribution in [0.5, 0.6) is 5.75 Å². The Kier molecular flexibility index (Phi) is 5.68. The van der Waals surface area contributed by atoms with E-state index >= 15 is 0 Å². The lowest BCUT2D eigenvalue weighted by atomic mass is 9.98. The molecule has 0 radical (unpaired) electrons. The van der Waals surface area contributed by atoms with Crippen molar-refractivity contribution in [1.82, 2.24) is 0 Å². The van der Waals surface area contributed by atoms with Crippen LogP contribution in [0.4, 0.5) is 8.78 Å². The van der Waals surface area contributed by atoms with Gasteiger partial charge < -0.3 is 20.0 Å². The average Bonchev–Trinajstić information content (AvgIpc) is 3.22. The summed E-state index contributed by atoms with van der Waals surface area (Å²) in [4.78, 5) is 11.1. The first-order valence-electron chi connectivity index (χ1n) is 9.57. The minimum absolute atomic E-state index is 0.0301. The molecular weight excluding hydrogens is 404 g/mol. The fourth-order valence-corrected chi connectivity index (χ4v) is 3.51. The van der Waals surface area contributed by atoms with E-state index in [9.17, 15) is 13.6 Å². The van der Waals surface area contributed by atoms with E-state index in [1.165, 1.54) is 18.4 Å². The summed E-state index contributed by atoms with van der Waals surface area (Å²) in [6.45, 7) is 0.0953. The molecule has 1 aromatic heterocycles. The molecule has 0 amide bonds. The summed E-state index contributed by atoms with van der Waals surface area (Å²) in [6.07, 6.45) is 1.22. The van der Waals surface area contributed by atoms with E-state index in [0.717, 1.165) is 11.5 Å². The summed E-state index contributed by atoms with van der Waals surface area (Å²) in [5.74, 6) is -1.85. The second-order valence-electron chi connectivity index (χ2n) is 7.08. The normalized spacial score (nSPS) is 11.1. The maximum absolute atomic E-state index is 14.9. The Morgan fingerprint density at radius 2 is 1.87 bits per heavy atom. The molecule has 0 fully saturated rings. The second kappa shape index (κ2) is 8.57. The van der Waals surface area contributed by atoms with E-state index < -0.39 is 17.6 Å². The Morgan fingerprint density at radius 1 is 1.03 bits per heavy atom. The van der Waals surface area contributed by atoms with Crippen LogP contribution < -0.4 is 10.5 Å². The van der Waals surface area contributed by atoms with Crippen LogP contribution in [0.2, 0.25) is 0 Å². The third kappa shape index (κ3) is 4.27. The molecule has 3 N–H and O–H groups in total. The zero-order valence-electron chi connectivity index (χ0n) is 16.4. The Hall–Kier alpha value is -3.71. The van der Waals surface area contributed by atoms with Gasteiger partial charge in [-0.25, -0.2) is 8.78 Å². The standard InChI is InChI=1S/C24H19F2NO4/c25-18-5-4-15(10-22(28)29)21(11-18)31-13-14-8-16-6-7-30-24(16)20(9-14)19-3-1-2-17(12-27)23(19)26/h1-9,11H,10,12-13,27H2,(H,28,29). The fraction of sp³-hybridized carbons (Fsp3) is 0.125. The minimum atomic E-state index is -1.05. The first-order chi connectivity index (χ1) is 15.0. The molecule has 0 aliphatic rings. The summed E-state index contributed by atoms with van der Waals surface area (Å²) in [5.41, 5.74) is 8.48. The Morgan fingerprint density at radius 3 is 2.65 bits per heavy atom. The molecule has 0 aliphatic heterocycles. The van der Waals surface area contributed by atoms with Crippen molar-refractivity contribution < 1.29 is 27.8 Å². The number of carboxylic acid groups (broad SMARTS) is 1. The summed E-state index contributed by atoms with van der Waals surface area (Å²) in [6, 6.07) is 14.0. The number of furan rings is 1. The number of hydrogen-bond donors (Lipinski definition) is 2. The summed E-state index contributed by atoms with van der Waals surface area (Å²) in [5, 5.41) is 9.82. The van der Waals surface area contributed by atoms with Crippen LogP contribution in [0.15, 0.2) is 65.3 Å². The lowest BCUT2D eigenvalue weighted by molar-refractivity contribution is -0.136. The third-order valence-corrected chi connectivity index (χ3v) is 4.96. The number of aliphatic carboxylic acids is 1. The van der Waals surface area contributed by atoms with Crippen molar-refractivity contribution in [3.63, 3.8) is 0 Å². The molecular formula is C24H19F2NO4. The summed E-state index contributed by atoms with van der Waals surface area (Å²) >= 11 is 0. The fourth-order valence-electron chi connectivity index (χ4n) is 3.51. The predicted molar refractivity (Wildman–Crippen MR) is 112 cm³/mol. The topological polar surface area (TPSA) is 85.7 Å². The van der Waals surface area contributed by atoms with Gasteiger partial charge in [0.2, 0.25) is 0 Å². The van der Waals surface area contributed by atoms with Gasteiger partial charge in [0, 0.05) is 40.3 Å². The van der Waals surface area contributed by atoms with E-state index in [2.05, 4.69) is 0 Å². The number of benzene rings is 3. The highest BCUT2D eigenvalue weighted by molar-refractivity contribution is 5.93. The maximum atomic E-state index is 14.9. The van der Waals surface area contributed by atoms with Gasteiger partial charge in [-0.05, 0) is 29.8 Å². The molecule has 0 spiro atoms. The van der Waals surface area contributed by atoms with E-state index in [-0.39, 0.29) is 25.3 Å². The van der Waals surface area contributed by atoms with Gasteiger partial charge in [0.15, 0.2) is 0 Å². The highest BCUT2D eigenvalue weighted by Crippen LogP contribution is 2.34. The van der Waals surface area contributed by atoms with E-state index in [1.54, 1.807) is 30.3 Å². The molecule has 0 aliphatic carbocycles. The molecule has 4 aromatic rings. The molecule has 0 unspecified atom stereocenters. The van der Waals surface area contributed by atoms with E-state index in [4.69, 9.17) is 20.0 Å². The lowest BCUT2D eigenvalue weighted by Crippen LogP contribution is -2.05. The van der Waals surface area contributed by atoms with Crippen LogP contribution in [0, 0.1) is 11.6 Å². The quantitative estimate of drug-likeness (QED) is 0.435. The summed E-state index contributed by atoms with van der Waals surface area (Å²) in [7, 11) is 0. The summed E-state index contributed by atoms with van der Waals surface area (Å²) < 4.78 is 40.0. The number of fused-ring (bicyclic) bond motifs is 1. The van der Waals surface area contributed by atoms with Gasteiger partial charge >= 0.3 is 5.97 Å². The number of carbonyl (C=O) groups is 1. The lowest BCUT2D eigenvalue weighted by Gasteiger charge is -2.13. The van der Waals surface area contributed by atoms with Crippen LogP contribution in [0.1, 0.15) is 16.7 Å². The number of nitrogens with two attached hydrogens (primary N) is 1. The SMILES string of the molecule is NCc1cccc(-c2cc(COc3cc(F)ccc3CC(=O)O)cc3ccoc23)c1F. The van der Waals surface area contributed by atoms with Crippen molar-refractivity contribution in [1.29, 1.82) is 0 Å². The van der Waals surface area contributed by atoms with Crippen molar-refractivity contribution in [2.24, 2.45) is 5.73 Å². The van der Waals surface area contributed by atoms with Crippen LogP contribution in [-0.4, -0.2) is 11.1 Å². The van der Waals surface area contributed by atoms with Crippen molar-refractivity contribution in [3.8, 4) is 16.9 Å². The molecule has 4 rings (SSSR count). The predicted octanol–water partition coefficient (Wildman–Crippen LogP) is 5.04. The van der Waals surface area contributed by atoms with Crippen molar-refractivity contribution in [2.75, 3.05) is 0 Å². The molecule has 31 heavy (non-hydrogen) atoms. The number of halogens is 2. The molecule has 7 heteroatoms. The van der Waals surface area contributed by atoms with Gasteiger partial charge in [0.05, 0.1) is 12.7 Å². The molecule has 0 saturated heterocycles. The number of ether oxygens (including phenoxy) is 1. The maximum Gasteiger partial charge on any atom is 0.307 e. The van der Waals surface area contributed by atoms with Gasteiger partial charge in [-0.1, -0.05) is 24.3 Å². The Labute approximate surface area is 176 Å². The zero-order valence-corrected chi connectivity index (χ0v) is 16.4. The van der Waals surface area contributed by atoms with Crippen LogP contribution in [-0.2, 0) is 24.4 Å². The smallest absolute Gasteiger partial charge is 0.307 e. The van der Waals surface area contributed by atoms with Crippen molar-refractivity contribution in [2.45, 2.75) is 19.6 Å². The molecule has 3 aromatic carbocycles. The number of carboxylic acids is 1. The van der Waals surface area contributed by atoms with Crippen molar-refractivity contribution in [3.05, 3.63) is 89.2 Å². The molecule has 0 bridgehead atoms. The molecule has 0 saturated carbocycles. The first kappa shape index (κ1) is 20.6. The van der Waals surface area contributed by atoms with Crippen molar-refractivity contribution >= 4 is 16.9 Å². The largest absolute Gasteiger partial charge is 0.488 e. The highest BCUT2D eigenvalue weighted by Gasteiger charge is 2.16. The van der Waals surface area contributed by atoms with Gasteiger partial charge in [0.1, 0.15) is 29.6 Å².